The van der Waals surface area contributed by atoms with Crippen LogP contribution in [0.15, 0.2) is 206 Å². The summed E-state index contributed by atoms with van der Waals surface area (Å²) >= 11 is 1.75. The van der Waals surface area contributed by atoms with E-state index in [1.165, 1.54) is 65.0 Å². The van der Waals surface area contributed by atoms with Crippen LogP contribution in [0.2, 0.25) is 0 Å². The third-order valence-corrected chi connectivity index (χ3v) is 12.1. The largest absolute Gasteiger partial charge is 0.227 e. The minimum absolute atomic E-state index is 0.725. The van der Waals surface area contributed by atoms with Crippen molar-refractivity contribution in [3.8, 4) is 67.2 Å². The molecule has 2 heterocycles. The van der Waals surface area contributed by atoms with Gasteiger partial charge in [-0.25, -0.2) is 9.97 Å². The van der Waals surface area contributed by atoms with E-state index in [2.05, 4.69) is 206 Å². The van der Waals surface area contributed by atoms with E-state index >= 15 is 0 Å². The van der Waals surface area contributed by atoms with Gasteiger partial charge >= 0.3 is 0 Å². The fourth-order valence-electron chi connectivity index (χ4n) is 8.22. The molecular weight excluding hydrogens is 709 g/mol. The zero-order chi connectivity index (χ0) is 37.7. The molecule has 0 amide bonds. The van der Waals surface area contributed by atoms with Crippen molar-refractivity contribution >= 4 is 53.2 Å². The Morgan fingerprint density at radius 1 is 0.316 bits per heavy atom. The van der Waals surface area contributed by atoms with Gasteiger partial charge in [-0.1, -0.05) is 164 Å². The summed E-state index contributed by atoms with van der Waals surface area (Å²) in [5, 5.41) is 7.13. The van der Waals surface area contributed by atoms with Crippen molar-refractivity contribution in [3.63, 3.8) is 0 Å². The molecule has 0 unspecified atom stereocenters. The quantitative estimate of drug-likeness (QED) is 0.170. The second-order valence-electron chi connectivity index (χ2n) is 14.6. The molecule has 2 aromatic heterocycles. The van der Waals surface area contributed by atoms with Crippen molar-refractivity contribution in [1.29, 1.82) is 0 Å². The van der Waals surface area contributed by atoms with Crippen molar-refractivity contribution in [2.75, 3.05) is 0 Å². The van der Waals surface area contributed by atoms with Gasteiger partial charge in [-0.2, -0.15) is 0 Å². The summed E-state index contributed by atoms with van der Waals surface area (Å²) < 4.78 is 1.22. The molecule has 0 aliphatic heterocycles. The minimum atomic E-state index is 0.725. The van der Waals surface area contributed by atoms with Crippen molar-refractivity contribution in [2.45, 2.75) is 0 Å². The fraction of sp³-hybridized carbons (Fsp3) is 0. The summed E-state index contributed by atoms with van der Waals surface area (Å²) in [7, 11) is 0. The van der Waals surface area contributed by atoms with Crippen LogP contribution in [0.5, 0.6) is 0 Å². The summed E-state index contributed by atoms with van der Waals surface area (Å²) in [6.07, 6.45) is 0. The molecule has 0 fully saturated rings. The van der Waals surface area contributed by atoms with Crippen LogP contribution in [0.1, 0.15) is 0 Å². The molecule has 0 atom stereocenters. The highest BCUT2D eigenvalue weighted by molar-refractivity contribution is 7.25. The number of rotatable bonds is 6. The molecule has 11 aromatic rings. The third kappa shape index (κ3) is 6.06. The third-order valence-electron chi connectivity index (χ3n) is 11.0. The maximum atomic E-state index is 5.47. The molecule has 0 saturated carbocycles. The summed E-state index contributed by atoms with van der Waals surface area (Å²) in [6.45, 7) is 0. The van der Waals surface area contributed by atoms with Crippen LogP contribution in [-0.2, 0) is 0 Å². The average molecular weight is 743 g/mol. The lowest BCUT2D eigenvalue weighted by atomic mass is 9.92. The first-order valence-corrected chi connectivity index (χ1v) is 20.1. The fourth-order valence-corrected chi connectivity index (χ4v) is 9.33. The van der Waals surface area contributed by atoms with Gasteiger partial charge in [-0.15, -0.1) is 11.3 Å². The van der Waals surface area contributed by atoms with E-state index < -0.39 is 0 Å². The lowest BCUT2D eigenvalue weighted by molar-refractivity contribution is 1.24. The van der Waals surface area contributed by atoms with Gasteiger partial charge in [0.2, 0.25) is 0 Å². The second kappa shape index (κ2) is 13.8. The smallest absolute Gasteiger partial charge is 0.161 e. The molecule has 9 aromatic carbocycles. The maximum absolute atomic E-state index is 5.47. The van der Waals surface area contributed by atoms with Crippen LogP contribution >= 0.6 is 11.3 Å². The number of nitrogens with zero attached hydrogens (tertiary/aromatic N) is 2. The highest BCUT2D eigenvalue weighted by Crippen LogP contribution is 2.43. The van der Waals surface area contributed by atoms with Gasteiger partial charge in [0.15, 0.2) is 5.82 Å². The van der Waals surface area contributed by atoms with E-state index in [4.69, 9.17) is 9.97 Å². The summed E-state index contributed by atoms with van der Waals surface area (Å²) in [6, 6.07) is 74.1. The monoisotopic (exact) mass is 742 g/mol. The maximum Gasteiger partial charge on any atom is 0.161 e. The highest BCUT2D eigenvalue weighted by atomic mass is 32.1. The number of fused-ring (bicyclic) bond motifs is 5. The molecular formula is C54H34N2S. The summed E-state index contributed by atoms with van der Waals surface area (Å²) in [5.74, 6) is 0.725. The van der Waals surface area contributed by atoms with E-state index in [-0.39, 0.29) is 0 Å². The van der Waals surface area contributed by atoms with E-state index in [9.17, 15) is 0 Å². The Morgan fingerprint density at radius 3 is 1.47 bits per heavy atom. The Balaban J connectivity index is 1.06. The normalized spacial score (nSPS) is 11.5. The van der Waals surface area contributed by atoms with Crippen LogP contribution in [-0.4, -0.2) is 9.97 Å². The van der Waals surface area contributed by atoms with Crippen LogP contribution in [0, 0.1) is 0 Å². The Morgan fingerprint density at radius 2 is 0.789 bits per heavy atom. The standard InChI is InChI=1S/C54H34N2S/c1-3-14-35(15-4-1)44-30-45(36-16-5-2-6-17-36)32-46(31-44)40-24-11-22-38(28-40)39-23-12-25-43(29-39)53-55-52(48-27-13-21-37-18-9-10-26-47(37)48)51-49-33-41-19-7-8-20-42(41)34-50(49)57-54(51)56-53/h1-34H. The zero-order valence-electron chi connectivity index (χ0n) is 30.9. The van der Waals surface area contributed by atoms with E-state index in [0.717, 1.165) is 44.0 Å². The predicted molar refractivity (Wildman–Crippen MR) is 243 cm³/mol. The van der Waals surface area contributed by atoms with E-state index in [1.54, 1.807) is 11.3 Å². The van der Waals surface area contributed by atoms with Gasteiger partial charge in [-0.05, 0) is 109 Å². The van der Waals surface area contributed by atoms with Crippen molar-refractivity contribution in [3.05, 3.63) is 206 Å². The first kappa shape index (κ1) is 33.2. The van der Waals surface area contributed by atoms with Gasteiger partial charge in [0.25, 0.3) is 0 Å². The van der Waals surface area contributed by atoms with Crippen LogP contribution in [0.25, 0.3) is 109 Å². The number of aromatic nitrogens is 2. The van der Waals surface area contributed by atoms with Crippen LogP contribution in [0.4, 0.5) is 0 Å². The van der Waals surface area contributed by atoms with E-state index in [1.807, 2.05) is 0 Å². The van der Waals surface area contributed by atoms with E-state index in [0.29, 0.717) is 0 Å². The van der Waals surface area contributed by atoms with Gasteiger partial charge < -0.3 is 0 Å². The van der Waals surface area contributed by atoms with Gasteiger partial charge in [0, 0.05) is 26.6 Å². The SMILES string of the molecule is c1ccc(-c2cc(-c3ccccc3)cc(-c3cccc(-c4cccc(-c5nc(-c6cccc7ccccc67)c6c(n5)sc5cc7ccccc7cc56)c4)c3)c2)cc1. The number of thiophene rings is 1. The van der Waals surface area contributed by atoms with Gasteiger partial charge in [0.05, 0.1) is 5.69 Å². The molecule has 0 bridgehead atoms. The summed E-state index contributed by atoms with van der Waals surface area (Å²) in [5.41, 5.74) is 12.5. The molecule has 266 valence electrons. The topological polar surface area (TPSA) is 25.8 Å². The number of benzene rings is 9. The molecule has 0 saturated heterocycles. The highest BCUT2D eigenvalue weighted by Gasteiger charge is 2.19. The number of hydrogen-bond acceptors (Lipinski definition) is 3. The first-order valence-electron chi connectivity index (χ1n) is 19.3. The van der Waals surface area contributed by atoms with Crippen molar-refractivity contribution < 1.29 is 0 Å². The molecule has 0 N–H and O–H groups in total. The number of hydrogen-bond donors (Lipinski definition) is 0. The van der Waals surface area contributed by atoms with Crippen LogP contribution < -0.4 is 0 Å². The zero-order valence-corrected chi connectivity index (χ0v) is 31.7. The Hall–Kier alpha value is -7.20. The molecule has 11 rings (SSSR count). The summed E-state index contributed by atoms with van der Waals surface area (Å²) in [4.78, 5) is 11.8. The molecule has 0 radical (unpaired) electrons. The molecule has 3 heteroatoms. The first-order chi connectivity index (χ1) is 28.2. The van der Waals surface area contributed by atoms with Gasteiger partial charge in [0.1, 0.15) is 4.83 Å². The molecule has 0 aliphatic carbocycles. The Bertz CT molecular complexity index is 3230. The Labute approximate surface area is 335 Å². The average Bonchev–Trinajstić information content (AvgIpc) is 3.65. The molecule has 2 nitrogen and oxygen atoms in total. The van der Waals surface area contributed by atoms with Crippen LogP contribution in [0.3, 0.4) is 0 Å². The van der Waals surface area contributed by atoms with Crippen molar-refractivity contribution in [2.24, 2.45) is 0 Å². The van der Waals surface area contributed by atoms with Crippen molar-refractivity contribution in [1.82, 2.24) is 9.97 Å². The van der Waals surface area contributed by atoms with Gasteiger partial charge in [-0.3, -0.25) is 0 Å². The molecule has 0 aliphatic rings. The lowest BCUT2D eigenvalue weighted by Crippen LogP contribution is -1.95. The minimum Gasteiger partial charge on any atom is -0.227 e. The Kier molecular flexibility index (Phi) is 8.04. The predicted octanol–water partition coefficient (Wildman–Crippen LogP) is 15.2. The molecule has 0 spiro atoms. The lowest BCUT2D eigenvalue weighted by Gasteiger charge is -2.13. The second-order valence-corrected chi connectivity index (χ2v) is 15.6. The molecule has 57 heavy (non-hydrogen) atoms.